The van der Waals surface area contributed by atoms with Crippen LogP contribution in [0.2, 0.25) is 0 Å². The minimum absolute atomic E-state index is 0.136. The maximum Gasteiger partial charge on any atom is 0.235 e. The topological polar surface area (TPSA) is 72.5 Å². The van der Waals surface area contributed by atoms with Crippen molar-refractivity contribution in [3.63, 3.8) is 0 Å². The Morgan fingerprint density at radius 2 is 2.00 bits per heavy atom. The molecular formula is C14H16N4O2S. The highest BCUT2D eigenvalue weighted by molar-refractivity contribution is 7.19. The summed E-state index contributed by atoms with van der Waals surface area (Å²) in [4.78, 5) is 0.713. The first-order valence-electron chi connectivity index (χ1n) is 6.50. The normalized spacial score (nSPS) is 12.0. The molecule has 0 amide bonds. The van der Waals surface area contributed by atoms with Crippen molar-refractivity contribution in [3.8, 4) is 22.1 Å². The number of aromatic hydroxyl groups is 1. The fourth-order valence-corrected chi connectivity index (χ4v) is 2.89. The molecule has 0 bridgehead atoms. The summed E-state index contributed by atoms with van der Waals surface area (Å²) >= 11 is 1.39. The Kier molecular flexibility index (Phi) is 3.09. The van der Waals surface area contributed by atoms with Gasteiger partial charge in [0.1, 0.15) is 11.5 Å². The van der Waals surface area contributed by atoms with Crippen LogP contribution in [-0.4, -0.2) is 32.0 Å². The third kappa shape index (κ3) is 2.33. The van der Waals surface area contributed by atoms with Gasteiger partial charge in [0.15, 0.2) is 10.8 Å². The van der Waals surface area contributed by atoms with Gasteiger partial charge in [0.05, 0.1) is 12.7 Å². The van der Waals surface area contributed by atoms with Gasteiger partial charge >= 0.3 is 0 Å². The van der Waals surface area contributed by atoms with Crippen molar-refractivity contribution in [2.24, 2.45) is 0 Å². The number of hydrogen-bond acceptors (Lipinski definition) is 6. The predicted molar refractivity (Wildman–Crippen MR) is 81.0 cm³/mol. The van der Waals surface area contributed by atoms with E-state index in [-0.39, 0.29) is 11.2 Å². The van der Waals surface area contributed by atoms with Gasteiger partial charge in [-0.3, -0.25) is 0 Å². The van der Waals surface area contributed by atoms with Crippen LogP contribution in [0.1, 0.15) is 26.6 Å². The Bertz CT molecular complexity index is 801. The van der Waals surface area contributed by atoms with Crippen LogP contribution in [0.4, 0.5) is 0 Å². The molecule has 0 aliphatic rings. The van der Waals surface area contributed by atoms with Crippen molar-refractivity contribution in [2.75, 3.05) is 7.11 Å². The number of nitrogens with zero attached hydrogens (tertiary/aromatic N) is 4. The summed E-state index contributed by atoms with van der Waals surface area (Å²) in [5.74, 6) is 1.54. The first-order chi connectivity index (χ1) is 9.90. The first-order valence-corrected chi connectivity index (χ1v) is 7.32. The lowest BCUT2D eigenvalue weighted by molar-refractivity contribution is 0.408. The summed E-state index contributed by atoms with van der Waals surface area (Å²) in [7, 11) is 1.56. The van der Waals surface area contributed by atoms with Crippen LogP contribution in [0.5, 0.6) is 11.5 Å². The molecule has 110 valence electrons. The Balaban J connectivity index is 2.12. The average Bonchev–Trinajstić information content (AvgIpc) is 2.96. The molecule has 7 heteroatoms. The second-order valence-corrected chi connectivity index (χ2v) is 6.71. The number of aromatic nitrogens is 4. The Labute approximate surface area is 126 Å². The highest BCUT2D eigenvalue weighted by Crippen LogP contribution is 2.35. The van der Waals surface area contributed by atoms with E-state index in [0.717, 1.165) is 5.82 Å². The average molecular weight is 304 g/mol. The number of phenolic OH excluding ortho intramolecular Hbond substituents is 1. The molecule has 0 unspecified atom stereocenters. The van der Waals surface area contributed by atoms with Gasteiger partial charge in [0.2, 0.25) is 4.96 Å². The SMILES string of the molecule is COc1ccc(-c2nn3c(C(C)(C)C)nnc3s2)c(O)c1. The minimum atomic E-state index is -0.146. The highest BCUT2D eigenvalue weighted by atomic mass is 32.1. The molecule has 0 saturated heterocycles. The summed E-state index contributed by atoms with van der Waals surface area (Å²) in [6.45, 7) is 6.19. The summed E-state index contributed by atoms with van der Waals surface area (Å²) in [5.41, 5.74) is 0.512. The van der Waals surface area contributed by atoms with Crippen molar-refractivity contribution in [3.05, 3.63) is 24.0 Å². The summed E-state index contributed by atoms with van der Waals surface area (Å²) in [6, 6.07) is 5.15. The largest absolute Gasteiger partial charge is 0.507 e. The second kappa shape index (κ2) is 4.70. The molecule has 0 aliphatic carbocycles. The van der Waals surface area contributed by atoms with Gasteiger partial charge in [0, 0.05) is 11.5 Å². The summed E-state index contributed by atoms with van der Waals surface area (Å²) in [5, 5.41) is 23.7. The predicted octanol–water partition coefficient (Wildman–Crippen LogP) is 2.86. The smallest absolute Gasteiger partial charge is 0.235 e. The monoisotopic (exact) mass is 304 g/mol. The summed E-state index contributed by atoms with van der Waals surface area (Å²) in [6.07, 6.45) is 0. The van der Waals surface area contributed by atoms with Gasteiger partial charge in [0.25, 0.3) is 0 Å². The molecule has 2 heterocycles. The number of phenols is 1. The lowest BCUT2D eigenvalue weighted by Crippen LogP contribution is -2.16. The van der Waals surface area contributed by atoms with Crippen molar-refractivity contribution in [1.29, 1.82) is 0 Å². The van der Waals surface area contributed by atoms with Gasteiger partial charge in [-0.15, -0.1) is 10.2 Å². The Morgan fingerprint density at radius 1 is 1.24 bits per heavy atom. The molecule has 2 aromatic heterocycles. The van der Waals surface area contributed by atoms with Gasteiger partial charge in [-0.25, -0.2) is 0 Å². The lowest BCUT2D eigenvalue weighted by Gasteiger charge is -2.13. The van der Waals surface area contributed by atoms with E-state index in [1.165, 1.54) is 11.3 Å². The summed E-state index contributed by atoms with van der Waals surface area (Å²) < 4.78 is 6.83. The molecule has 0 saturated carbocycles. The number of hydrogen-bond donors (Lipinski definition) is 1. The molecule has 1 N–H and O–H groups in total. The van der Waals surface area contributed by atoms with Crippen molar-refractivity contribution >= 4 is 16.3 Å². The highest BCUT2D eigenvalue weighted by Gasteiger charge is 2.24. The molecular weight excluding hydrogens is 288 g/mol. The van der Waals surface area contributed by atoms with E-state index in [9.17, 15) is 5.11 Å². The molecule has 3 rings (SSSR count). The lowest BCUT2D eigenvalue weighted by atomic mass is 9.96. The molecule has 0 fully saturated rings. The van der Waals surface area contributed by atoms with E-state index < -0.39 is 0 Å². The number of fused-ring (bicyclic) bond motifs is 1. The first kappa shape index (κ1) is 13.8. The molecule has 6 nitrogen and oxygen atoms in total. The van der Waals surface area contributed by atoms with E-state index in [2.05, 4.69) is 36.1 Å². The molecule has 0 atom stereocenters. The van der Waals surface area contributed by atoms with Crippen molar-refractivity contribution < 1.29 is 9.84 Å². The van der Waals surface area contributed by atoms with Crippen molar-refractivity contribution in [1.82, 2.24) is 19.8 Å². The quantitative estimate of drug-likeness (QED) is 0.788. The number of benzene rings is 1. The van der Waals surface area contributed by atoms with Crippen LogP contribution in [-0.2, 0) is 5.41 Å². The maximum atomic E-state index is 10.1. The third-order valence-corrected chi connectivity index (χ3v) is 4.03. The molecule has 1 aromatic carbocycles. The van der Waals surface area contributed by atoms with Crippen molar-refractivity contribution in [2.45, 2.75) is 26.2 Å². The Morgan fingerprint density at radius 3 is 2.62 bits per heavy atom. The van der Waals surface area contributed by atoms with Crippen LogP contribution in [0, 0.1) is 0 Å². The molecule has 0 spiro atoms. The molecule has 0 radical (unpaired) electrons. The molecule has 3 aromatic rings. The van der Waals surface area contributed by atoms with Gasteiger partial charge < -0.3 is 9.84 Å². The van der Waals surface area contributed by atoms with E-state index in [1.54, 1.807) is 29.8 Å². The number of methoxy groups -OCH3 is 1. The van der Waals surface area contributed by atoms with Crippen LogP contribution in [0.25, 0.3) is 15.5 Å². The van der Waals surface area contributed by atoms with Gasteiger partial charge in [-0.2, -0.15) is 9.61 Å². The number of ether oxygens (including phenoxy) is 1. The maximum absolute atomic E-state index is 10.1. The zero-order chi connectivity index (χ0) is 15.2. The van der Waals surface area contributed by atoms with Crippen LogP contribution in [0.3, 0.4) is 0 Å². The molecule has 0 aliphatic heterocycles. The second-order valence-electron chi connectivity index (χ2n) is 5.76. The van der Waals surface area contributed by atoms with E-state index in [0.29, 0.717) is 21.3 Å². The standard InChI is InChI=1S/C14H16N4O2S/c1-14(2,3)12-15-16-13-18(12)17-11(21-13)9-6-5-8(20-4)7-10(9)19/h5-7,19H,1-4H3. The van der Waals surface area contributed by atoms with Crippen LogP contribution >= 0.6 is 11.3 Å². The van der Waals surface area contributed by atoms with Gasteiger partial charge in [-0.05, 0) is 12.1 Å². The van der Waals surface area contributed by atoms with Crippen LogP contribution in [0.15, 0.2) is 18.2 Å². The van der Waals surface area contributed by atoms with Crippen LogP contribution < -0.4 is 4.74 Å². The zero-order valence-electron chi connectivity index (χ0n) is 12.3. The minimum Gasteiger partial charge on any atom is -0.507 e. The fourth-order valence-electron chi connectivity index (χ4n) is 2.01. The Hall–Kier alpha value is -2.15. The number of rotatable bonds is 2. The molecule has 21 heavy (non-hydrogen) atoms. The van der Waals surface area contributed by atoms with E-state index >= 15 is 0 Å². The van der Waals surface area contributed by atoms with E-state index in [4.69, 9.17) is 4.74 Å². The van der Waals surface area contributed by atoms with E-state index in [1.807, 2.05) is 0 Å². The zero-order valence-corrected chi connectivity index (χ0v) is 13.1. The fraction of sp³-hybridized carbons (Fsp3) is 0.357. The van der Waals surface area contributed by atoms with Gasteiger partial charge in [-0.1, -0.05) is 32.1 Å². The third-order valence-electron chi connectivity index (χ3n) is 3.10.